The number of pyridine rings is 1. The second-order valence-electron chi connectivity index (χ2n) is 12.8. The highest BCUT2D eigenvalue weighted by atomic mass is 32.1. The van der Waals surface area contributed by atoms with Crippen molar-refractivity contribution < 1.29 is 9.59 Å². The van der Waals surface area contributed by atoms with E-state index in [9.17, 15) is 9.59 Å². The fourth-order valence-electron chi connectivity index (χ4n) is 4.95. The minimum absolute atomic E-state index is 0.0249. The lowest BCUT2D eigenvalue weighted by atomic mass is 9.68. The van der Waals surface area contributed by atoms with Gasteiger partial charge in [0.05, 0.1) is 10.5 Å². The van der Waals surface area contributed by atoms with Crippen LogP contribution in [0.1, 0.15) is 91.5 Å². The molecule has 7 heteroatoms. The minimum Gasteiger partial charge on any atom is -0.365 e. The van der Waals surface area contributed by atoms with E-state index in [1.165, 1.54) is 4.88 Å². The molecule has 1 fully saturated rings. The van der Waals surface area contributed by atoms with Crippen LogP contribution in [0.4, 0.5) is 5.82 Å². The van der Waals surface area contributed by atoms with Crippen LogP contribution >= 0.6 is 11.3 Å². The fourth-order valence-corrected chi connectivity index (χ4v) is 6.26. The maximum atomic E-state index is 12.5. The summed E-state index contributed by atoms with van der Waals surface area (Å²) in [4.78, 5) is 36.0. The molecule has 6 nitrogen and oxygen atoms in total. The van der Waals surface area contributed by atoms with E-state index in [0.29, 0.717) is 12.0 Å². The van der Waals surface area contributed by atoms with E-state index in [1.807, 2.05) is 18.2 Å². The van der Waals surface area contributed by atoms with Gasteiger partial charge in [-0.3, -0.25) is 9.59 Å². The van der Waals surface area contributed by atoms with Crippen molar-refractivity contribution in [3.63, 3.8) is 0 Å². The van der Waals surface area contributed by atoms with Crippen LogP contribution in [-0.2, 0) is 11.8 Å². The Bertz CT molecular complexity index is 1290. The number of hydrogen-bond acceptors (Lipinski definition) is 7. The number of likely N-dealkylation sites (tertiary alicyclic amines) is 1. The van der Waals surface area contributed by atoms with Crippen LogP contribution < -0.4 is 5.32 Å². The van der Waals surface area contributed by atoms with Gasteiger partial charge in [-0.05, 0) is 83.8 Å². The third-order valence-corrected chi connectivity index (χ3v) is 8.56. The van der Waals surface area contributed by atoms with E-state index in [0.717, 1.165) is 66.1 Å². The molecule has 0 amide bonds. The molecule has 3 heterocycles. The first-order valence-corrected chi connectivity index (χ1v) is 13.9. The van der Waals surface area contributed by atoms with Crippen molar-refractivity contribution in [1.82, 2.24) is 14.9 Å². The van der Waals surface area contributed by atoms with Gasteiger partial charge >= 0.3 is 0 Å². The maximum absolute atomic E-state index is 12.5. The smallest absolute Gasteiger partial charge is 0.182 e. The number of benzene rings is 1. The van der Waals surface area contributed by atoms with Crippen LogP contribution in [0.15, 0.2) is 30.3 Å². The molecule has 5 rings (SSSR count). The lowest BCUT2D eigenvalue weighted by Crippen LogP contribution is -2.42. The number of carbonyl (C=O) groups excluding carboxylic acids is 2. The Hall–Kier alpha value is -2.64. The zero-order valence-electron chi connectivity index (χ0n) is 23.3. The van der Waals surface area contributed by atoms with Gasteiger partial charge in [0.1, 0.15) is 17.8 Å². The molecular weight excluding hydrogens is 480 g/mol. The zero-order chi connectivity index (χ0) is 27.0. The molecule has 0 unspecified atom stereocenters. The van der Waals surface area contributed by atoms with Crippen LogP contribution in [0.3, 0.4) is 0 Å². The second kappa shape index (κ2) is 10.3. The number of aldehydes is 1. The summed E-state index contributed by atoms with van der Waals surface area (Å²) in [6, 6.07) is 9.47. The molecule has 1 spiro atoms. The first kappa shape index (κ1) is 27.4. The summed E-state index contributed by atoms with van der Waals surface area (Å²) < 4.78 is 0. The van der Waals surface area contributed by atoms with Crippen molar-refractivity contribution in [3.05, 3.63) is 51.5 Å². The summed E-state index contributed by atoms with van der Waals surface area (Å²) in [5.41, 5.74) is 2.51. The number of fused-ring (bicyclic) bond motifs is 2. The summed E-state index contributed by atoms with van der Waals surface area (Å²) in [5, 5.41) is 5.46. The lowest BCUT2D eigenvalue weighted by Gasteiger charge is -2.42. The Morgan fingerprint density at radius 3 is 2.30 bits per heavy atom. The predicted molar refractivity (Wildman–Crippen MR) is 153 cm³/mol. The van der Waals surface area contributed by atoms with Gasteiger partial charge in [-0.25, -0.2) is 9.97 Å². The van der Waals surface area contributed by atoms with Crippen LogP contribution in [0.2, 0.25) is 0 Å². The molecule has 1 aromatic carbocycles. The maximum Gasteiger partial charge on any atom is 0.182 e. The number of ketones is 1. The van der Waals surface area contributed by atoms with Gasteiger partial charge in [0.15, 0.2) is 5.78 Å². The Morgan fingerprint density at radius 1 is 1.00 bits per heavy atom. The number of rotatable bonds is 2. The Morgan fingerprint density at radius 2 is 1.68 bits per heavy atom. The minimum atomic E-state index is -0.0249. The molecule has 0 atom stereocenters. The van der Waals surface area contributed by atoms with Gasteiger partial charge in [-0.15, -0.1) is 11.3 Å². The van der Waals surface area contributed by atoms with Gasteiger partial charge in [0, 0.05) is 33.2 Å². The summed E-state index contributed by atoms with van der Waals surface area (Å²) in [5.74, 6) is 1.11. The normalized spacial score (nSPS) is 17.8. The van der Waals surface area contributed by atoms with Gasteiger partial charge in [-0.2, -0.15) is 0 Å². The second-order valence-corrected chi connectivity index (χ2v) is 13.8. The van der Waals surface area contributed by atoms with Crippen LogP contribution in [0.25, 0.3) is 10.9 Å². The summed E-state index contributed by atoms with van der Waals surface area (Å²) >= 11 is 1.77. The van der Waals surface area contributed by atoms with Crippen molar-refractivity contribution in [3.8, 4) is 0 Å². The summed E-state index contributed by atoms with van der Waals surface area (Å²) in [6.45, 7) is 15.0. The highest BCUT2D eigenvalue weighted by Gasteiger charge is 2.42. The van der Waals surface area contributed by atoms with E-state index in [1.54, 1.807) is 23.5 Å². The first-order valence-electron chi connectivity index (χ1n) is 13.1. The highest BCUT2D eigenvalue weighted by molar-refractivity contribution is 7.12. The molecule has 1 saturated heterocycles. The number of anilines is 1. The molecule has 1 aliphatic heterocycles. The number of thiazole rings is 1. The van der Waals surface area contributed by atoms with Crippen molar-refractivity contribution >= 4 is 40.1 Å². The lowest BCUT2D eigenvalue weighted by molar-refractivity contribution is 0.0728. The van der Waals surface area contributed by atoms with Crippen molar-refractivity contribution in [2.75, 3.05) is 25.5 Å². The van der Waals surface area contributed by atoms with Gasteiger partial charge < -0.3 is 10.2 Å². The third-order valence-electron chi connectivity index (χ3n) is 7.08. The average Bonchev–Trinajstić information content (AvgIpc) is 3.25. The topological polar surface area (TPSA) is 75.2 Å². The SMILES string of the molecule is CC(C)(C)Nc1ccc2ccc(C=O)cc2n1.CN1CCC2(CC1)CC(=O)c1nc(C(C)(C)C)sc1C2. The quantitative estimate of drug-likeness (QED) is 0.387. The van der Waals surface area contributed by atoms with Gasteiger partial charge in [0.25, 0.3) is 0 Å². The first-order chi connectivity index (χ1) is 17.3. The molecule has 0 saturated carbocycles. The molecule has 0 bridgehead atoms. The van der Waals surface area contributed by atoms with Crippen LogP contribution in [0, 0.1) is 5.41 Å². The average molecular weight is 521 g/mol. The highest BCUT2D eigenvalue weighted by Crippen LogP contribution is 2.45. The molecule has 1 N–H and O–H groups in total. The standard InChI is InChI=1S/C16H24N2OS.C14H16N2O/c1-15(2,3)14-17-13-11(19)9-16(10-12(13)20-14)5-7-18(4)8-6-16;1-14(2,3)16-13-7-6-11-5-4-10(9-17)8-12(11)15-13/h5-10H2,1-4H3;4-9H,1-3H3,(H,15,16). The van der Waals surface area contributed by atoms with E-state index in [2.05, 4.69) is 68.8 Å². The number of nitrogens with one attached hydrogen (secondary N) is 1. The van der Waals surface area contributed by atoms with Crippen molar-refractivity contribution in [2.45, 2.75) is 78.2 Å². The number of piperidine rings is 1. The molecule has 3 aromatic rings. The van der Waals surface area contributed by atoms with Gasteiger partial charge in [-0.1, -0.05) is 32.9 Å². The molecule has 37 heavy (non-hydrogen) atoms. The fraction of sp³-hybridized carbons (Fsp3) is 0.533. The van der Waals surface area contributed by atoms with E-state index >= 15 is 0 Å². The number of carbonyl (C=O) groups is 2. The Balaban J connectivity index is 0.000000176. The zero-order valence-corrected chi connectivity index (χ0v) is 24.1. The molecule has 2 aliphatic rings. The summed E-state index contributed by atoms with van der Waals surface area (Å²) in [7, 11) is 2.17. The number of aromatic nitrogens is 2. The van der Waals surface area contributed by atoms with Crippen LogP contribution in [0.5, 0.6) is 0 Å². The van der Waals surface area contributed by atoms with E-state index < -0.39 is 0 Å². The van der Waals surface area contributed by atoms with E-state index in [-0.39, 0.29) is 22.2 Å². The molecule has 2 aromatic heterocycles. The largest absolute Gasteiger partial charge is 0.365 e. The number of nitrogens with zero attached hydrogens (tertiary/aromatic N) is 3. The molecule has 0 radical (unpaired) electrons. The van der Waals surface area contributed by atoms with Gasteiger partial charge in [0.2, 0.25) is 0 Å². The van der Waals surface area contributed by atoms with Crippen LogP contribution in [-0.4, -0.2) is 52.6 Å². The Kier molecular flexibility index (Phi) is 7.59. The summed E-state index contributed by atoms with van der Waals surface area (Å²) in [6.07, 6.45) is 4.91. The predicted octanol–water partition coefficient (Wildman–Crippen LogP) is 6.54. The molecule has 198 valence electrons. The Labute approximate surface area is 224 Å². The number of hydrogen-bond donors (Lipinski definition) is 1. The number of Topliss-reactive ketones (excluding diaryl/α,β-unsaturated/α-hetero) is 1. The van der Waals surface area contributed by atoms with Crippen molar-refractivity contribution in [1.29, 1.82) is 0 Å². The molecular formula is C30H40N4O2S. The molecule has 1 aliphatic carbocycles. The van der Waals surface area contributed by atoms with Crippen molar-refractivity contribution in [2.24, 2.45) is 5.41 Å². The third kappa shape index (κ3) is 6.63. The van der Waals surface area contributed by atoms with E-state index in [4.69, 9.17) is 0 Å². The monoisotopic (exact) mass is 520 g/mol.